The summed E-state index contributed by atoms with van der Waals surface area (Å²) < 4.78 is 37.1. The van der Waals surface area contributed by atoms with E-state index in [2.05, 4.69) is 15.9 Å². The van der Waals surface area contributed by atoms with Crippen molar-refractivity contribution in [1.29, 1.82) is 0 Å². The van der Waals surface area contributed by atoms with Gasteiger partial charge in [0.15, 0.2) is 5.78 Å². The normalized spacial score (nSPS) is 13.1. The van der Waals surface area contributed by atoms with E-state index in [1.165, 1.54) is 6.92 Å². The summed E-state index contributed by atoms with van der Waals surface area (Å²) in [7, 11) is 0. The molecule has 0 bridgehead atoms. The molecule has 19 heavy (non-hydrogen) atoms. The smallest absolute Gasteiger partial charge is 0.293 e. The fourth-order valence-corrected chi connectivity index (χ4v) is 2.15. The maximum atomic E-state index is 12.4. The van der Waals surface area contributed by atoms with Crippen LogP contribution in [-0.2, 0) is 0 Å². The van der Waals surface area contributed by atoms with Gasteiger partial charge in [0, 0.05) is 22.6 Å². The second-order valence-corrected chi connectivity index (χ2v) is 5.95. The van der Waals surface area contributed by atoms with Crippen LogP contribution in [0.25, 0.3) is 0 Å². The summed E-state index contributed by atoms with van der Waals surface area (Å²) in [5, 5.41) is 10.6. The topological polar surface area (TPSA) is 60.2 Å². The molecule has 1 unspecified atom stereocenters. The summed E-state index contributed by atoms with van der Waals surface area (Å²) >= 11 is 2.47. The molecule has 0 radical (unpaired) electrons. The summed E-state index contributed by atoms with van der Waals surface area (Å²) in [4.78, 5) is 20.5. The van der Waals surface area contributed by atoms with E-state index in [9.17, 15) is 28.1 Å². The van der Waals surface area contributed by atoms with Crippen LogP contribution in [-0.4, -0.2) is 21.0 Å². The molecule has 0 heterocycles. The Morgan fingerprint density at radius 3 is 2.47 bits per heavy atom. The van der Waals surface area contributed by atoms with Gasteiger partial charge in [0.2, 0.25) is 0 Å². The van der Waals surface area contributed by atoms with Gasteiger partial charge in [0.05, 0.1) is 9.75 Å². The number of non-ortho nitro benzene ring substituents is 1. The molecule has 0 amide bonds. The number of alkyl halides is 4. The van der Waals surface area contributed by atoms with Crippen LogP contribution in [0.1, 0.15) is 17.3 Å². The van der Waals surface area contributed by atoms with E-state index in [0.717, 1.165) is 18.2 Å². The number of hydrogen-bond acceptors (Lipinski definition) is 4. The van der Waals surface area contributed by atoms with Gasteiger partial charge in [-0.15, -0.1) is 0 Å². The molecule has 0 aliphatic carbocycles. The van der Waals surface area contributed by atoms with Crippen molar-refractivity contribution in [3.8, 4) is 0 Å². The van der Waals surface area contributed by atoms with Gasteiger partial charge in [-0.3, -0.25) is 14.9 Å². The Kier molecular flexibility index (Phi) is 4.97. The number of nitrogens with zero attached hydrogens (tertiary/aromatic N) is 1. The molecular weight excluding hydrogens is 351 g/mol. The van der Waals surface area contributed by atoms with Crippen molar-refractivity contribution in [2.24, 2.45) is 0 Å². The number of hydrogen-bond donors (Lipinski definition) is 0. The maximum Gasteiger partial charge on any atom is 0.446 e. The van der Waals surface area contributed by atoms with Crippen LogP contribution in [0.2, 0.25) is 0 Å². The standard InChI is InChI=1S/C10H7BrF3NO3S/c1-5(11)9(16)7-4-6(15(17)18)2-3-8(7)19-10(12,13)14/h2-5H,1H3. The lowest BCUT2D eigenvalue weighted by Crippen LogP contribution is -2.13. The van der Waals surface area contributed by atoms with Gasteiger partial charge in [-0.05, 0) is 24.8 Å². The zero-order valence-electron chi connectivity index (χ0n) is 9.40. The van der Waals surface area contributed by atoms with Gasteiger partial charge in [0.1, 0.15) is 0 Å². The monoisotopic (exact) mass is 357 g/mol. The molecule has 0 aromatic heterocycles. The quantitative estimate of drug-likeness (QED) is 0.266. The first-order valence-electron chi connectivity index (χ1n) is 4.84. The molecule has 0 spiro atoms. The highest BCUT2D eigenvalue weighted by molar-refractivity contribution is 9.10. The molecule has 9 heteroatoms. The third-order valence-corrected chi connectivity index (χ3v) is 3.25. The largest absolute Gasteiger partial charge is 0.446 e. The van der Waals surface area contributed by atoms with Crippen molar-refractivity contribution in [2.75, 3.05) is 0 Å². The predicted octanol–water partition coefficient (Wildman–Crippen LogP) is 4.17. The number of rotatable bonds is 4. The Bertz CT molecular complexity index is 519. The molecule has 4 nitrogen and oxygen atoms in total. The van der Waals surface area contributed by atoms with E-state index < -0.39 is 38.5 Å². The average Bonchev–Trinajstić information content (AvgIpc) is 2.26. The average molecular weight is 358 g/mol. The zero-order chi connectivity index (χ0) is 14.8. The fraction of sp³-hybridized carbons (Fsp3) is 0.300. The molecule has 0 fully saturated rings. The Hall–Kier alpha value is -1.09. The number of halogens is 4. The number of benzene rings is 1. The Labute approximate surface area is 118 Å². The van der Waals surface area contributed by atoms with Crippen LogP contribution >= 0.6 is 27.7 Å². The molecule has 104 valence electrons. The Morgan fingerprint density at radius 1 is 1.47 bits per heavy atom. The summed E-state index contributed by atoms with van der Waals surface area (Å²) in [5.74, 6) is -0.643. The lowest BCUT2D eigenvalue weighted by molar-refractivity contribution is -0.384. The van der Waals surface area contributed by atoms with Crippen molar-refractivity contribution < 1.29 is 22.9 Å². The van der Waals surface area contributed by atoms with Crippen molar-refractivity contribution in [1.82, 2.24) is 0 Å². The molecule has 1 atom stereocenters. The highest BCUT2D eigenvalue weighted by Gasteiger charge is 2.32. The first-order valence-corrected chi connectivity index (χ1v) is 6.57. The van der Waals surface area contributed by atoms with Crippen LogP contribution < -0.4 is 0 Å². The molecule has 1 aromatic rings. The SMILES string of the molecule is CC(Br)C(=O)c1cc([N+](=O)[O-])ccc1SC(F)(F)F. The van der Waals surface area contributed by atoms with Crippen LogP contribution in [0.3, 0.4) is 0 Å². The summed E-state index contributed by atoms with van der Waals surface area (Å²) in [6.45, 7) is 1.43. The summed E-state index contributed by atoms with van der Waals surface area (Å²) in [6, 6.07) is 2.72. The van der Waals surface area contributed by atoms with Gasteiger partial charge in [-0.25, -0.2) is 0 Å². The number of carbonyl (C=O) groups excluding carboxylic acids is 1. The van der Waals surface area contributed by atoms with Crippen molar-refractivity contribution >= 4 is 39.2 Å². The van der Waals surface area contributed by atoms with Gasteiger partial charge in [-0.1, -0.05) is 15.9 Å². The van der Waals surface area contributed by atoms with Crippen LogP contribution in [0.4, 0.5) is 18.9 Å². The van der Waals surface area contributed by atoms with Crippen LogP contribution in [0.5, 0.6) is 0 Å². The number of ketones is 1. The minimum atomic E-state index is -4.57. The van der Waals surface area contributed by atoms with Crippen LogP contribution in [0.15, 0.2) is 23.1 Å². The zero-order valence-corrected chi connectivity index (χ0v) is 11.8. The molecular formula is C10H7BrF3NO3S. The third-order valence-electron chi connectivity index (χ3n) is 2.03. The van der Waals surface area contributed by atoms with Crippen LogP contribution in [0, 0.1) is 10.1 Å². The third kappa shape index (κ3) is 4.50. The lowest BCUT2D eigenvalue weighted by Gasteiger charge is -2.11. The van der Waals surface area contributed by atoms with Crippen molar-refractivity contribution in [2.45, 2.75) is 22.2 Å². The Morgan fingerprint density at radius 2 is 2.05 bits per heavy atom. The van der Waals surface area contributed by atoms with Gasteiger partial charge < -0.3 is 0 Å². The number of thioether (sulfide) groups is 1. The summed E-state index contributed by atoms with van der Waals surface area (Å²) in [5.41, 5.74) is -5.32. The lowest BCUT2D eigenvalue weighted by atomic mass is 10.1. The molecule has 1 aromatic carbocycles. The van der Waals surface area contributed by atoms with E-state index in [1.54, 1.807) is 0 Å². The molecule has 0 N–H and O–H groups in total. The molecule has 1 rings (SSSR count). The first kappa shape index (κ1) is 16.0. The van der Waals surface area contributed by atoms with Gasteiger partial charge >= 0.3 is 5.51 Å². The number of Topliss-reactive ketones (excluding diaryl/α,β-unsaturated/α-hetero) is 1. The minimum absolute atomic E-state index is 0.319. The molecule has 0 saturated carbocycles. The fourth-order valence-electron chi connectivity index (χ4n) is 1.25. The maximum absolute atomic E-state index is 12.4. The molecule has 0 aliphatic rings. The number of nitro groups is 1. The highest BCUT2D eigenvalue weighted by atomic mass is 79.9. The van der Waals surface area contributed by atoms with E-state index in [-0.39, 0.29) is 10.5 Å². The van der Waals surface area contributed by atoms with E-state index >= 15 is 0 Å². The highest BCUT2D eigenvalue weighted by Crippen LogP contribution is 2.40. The molecule has 0 aliphatic heterocycles. The van der Waals surface area contributed by atoms with E-state index in [1.807, 2.05) is 0 Å². The first-order chi connectivity index (χ1) is 8.61. The van der Waals surface area contributed by atoms with Gasteiger partial charge in [-0.2, -0.15) is 13.2 Å². The second kappa shape index (κ2) is 5.91. The minimum Gasteiger partial charge on any atom is -0.293 e. The number of nitro benzene ring substituents is 1. The Balaban J connectivity index is 3.30. The molecule has 0 saturated heterocycles. The van der Waals surface area contributed by atoms with E-state index in [0.29, 0.717) is 0 Å². The second-order valence-electron chi connectivity index (χ2n) is 3.47. The number of carbonyl (C=O) groups is 1. The van der Waals surface area contributed by atoms with E-state index in [4.69, 9.17) is 0 Å². The van der Waals surface area contributed by atoms with Crippen molar-refractivity contribution in [3.63, 3.8) is 0 Å². The summed E-state index contributed by atoms with van der Waals surface area (Å²) in [6.07, 6.45) is 0. The van der Waals surface area contributed by atoms with Crippen molar-refractivity contribution in [3.05, 3.63) is 33.9 Å². The predicted molar refractivity (Wildman–Crippen MR) is 67.7 cm³/mol. The van der Waals surface area contributed by atoms with Gasteiger partial charge in [0.25, 0.3) is 5.69 Å².